The van der Waals surface area contributed by atoms with Gasteiger partial charge in [-0.3, -0.25) is 4.98 Å². The van der Waals surface area contributed by atoms with Crippen LogP contribution in [0.2, 0.25) is 0 Å². The van der Waals surface area contributed by atoms with Gasteiger partial charge in [-0.25, -0.2) is 9.97 Å². The number of halogens is 1. The van der Waals surface area contributed by atoms with E-state index in [-0.39, 0.29) is 0 Å². The van der Waals surface area contributed by atoms with Gasteiger partial charge in [0.25, 0.3) is 0 Å². The van der Waals surface area contributed by atoms with Crippen molar-refractivity contribution in [3.8, 4) is 11.4 Å². The van der Waals surface area contributed by atoms with Crippen LogP contribution in [-0.4, -0.2) is 15.0 Å². The van der Waals surface area contributed by atoms with Gasteiger partial charge in [0, 0.05) is 26.9 Å². The summed E-state index contributed by atoms with van der Waals surface area (Å²) in [4.78, 5) is 13.0. The van der Waals surface area contributed by atoms with Crippen LogP contribution in [0.3, 0.4) is 0 Å². The quantitative estimate of drug-likeness (QED) is 0.642. The number of fused-ring (bicyclic) bond motifs is 1. The van der Waals surface area contributed by atoms with Gasteiger partial charge in [0.15, 0.2) is 5.82 Å². The number of pyridine rings is 1. The molecule has 4 heteroatoms. The normalized spacial score (nSPS) is 10.6. The molecule has 0 aliphatic heterocycles. The molecule has 0 saturated heterocycles. The van der Waals surface area contributed by atoms with Crippen molar-refractivity contribution >= 4 is 33.5 Å². The molecular weight excluding hydrogens is 325 g/mol. The average molecular weight is 333 g/mol. The van der Waals surface area contributed by atoms with Crippen LogP contribution < -0.4 is 0 Å². The average Bonchev–Trinajstić information content (AvgIpc) is 2.38. The van der Waals surface area contributed by atoms with Crippen LogP contribution in [0.1, 0.15) is 0 Å². The first-order valence-corrected chi connectivity index (χ1v) is 6.23. The molecule has 0 fully saturated rings. The summed E-state index contributed by atoms with van der Waals surface area (Å²) in [6.45, 7) is 0. The van der Waals surface area contributed by atoms with Crippen LogP contribution in [0, 0.1) is 3.57 Å². The predicted octanol–water partition coefficient (Wildman–Crippen LogP) is 3.30. The lowest BCUT2D eigenvalue weighted by Crippen LogP contribution is -1.90. The minimum absolute atomic E-state index is 0.740. The minimum Gasteiger partial charge on any atom is -0.262 e. The number of hydrogen-bond donors (Lipinski definition) is 0. The molecule has 0 radical (unpaired) electrons. The Morgan fingerprint density at radius 1 is 1.06 bits per heavy atom. The maximum absolute atomic E-state index is 4.51. The van der Waals surface area contributed by atoms with Crippen LogP contribution in [-0.2, 0) is 0 Å². The second kappa shape index (κ2) is 4.37. The van der Waals surface area contributed by atoms with Gasteiger partial charge < -0.3 is 0 Å². The fraction of sp³-hybridized carbons (Fsp3) is 0. The number of benzene rings is 1. The molecule has 0 bridgehead atoms. The van der Waals surface area contributed by atoms with E-state index in [1.807, 2.05) is 30.5 Å². The maximum Gasteiger partial charge on any atom is 0.159 e. The third kappa shape index (κ3) is 2.12. The Kier molecular flexibility index (Phi) is 2.72. The molecule has 0 unspecified atom stereocenters. The molecule has 0 aliphatic carbocycles. The van der Waals surface area contributed by atoms with E-state index in [2.05, 4.69) is 43.6 Å². The van der Waals surface area contributed by atoms with E-state index in [0.717, 1.165) is 22.3 Å². The smallest absolute Gasteiger partial charge is 0.159 e. The fourth-order valence-electron chi connectivity index (χ4n) is 1.64. The molecule has 3 aromatic rings. The van der Waals surface area contributed by atoms with Gasteiger partial charge in [-0.05, 0) is 40.8 Å². The zero-order valence-electron chi connectivity index (χ0n) is 8.84. The molecule has 0 atom stereocenters. The first-order chi connectivity index (χ1) is 8.33. The maximum atomic E-state index is 4.51. The van der Waals surface area contributed by atoms with Crippen LogP contribution >= 0.6 is 22.6 Å². The Hall–Kier alpha value is -1.56. The Balaban J connectivity index is 2.18. The molecule has 3 nitrogen and oxygen atoms in total. The van der Waals surface area contributed by atoms with Gasteiger partial charge in [-0.1, -0.05) is 12.1 Å². The van der Waals surface area contributed by atoms with Gasteiger partial charge in [0.1, 0.15) is 0 Å². The van der Waals surface area contributed by atoms with Crippen molar-refractivity contribution < 1.29 is 0 Å². The van der Waals surface area contributed by atoms with Crippen molar-refractivity contribution in [3.63, 3.8) is 0 Å². The van der Waals surface area contributed by atoms with Crippen molar-refractivity contribution in [2.45, 2.75) is 0 Å². The SMILES string of the molecule is Ic1cccc(-c2ncc3ccncc3n2)c1. The highest BCUT2D eigenvalue weighted by molar-refractivity contribution is 14.1. The molecule has 0 aliphatic rings. The molecular formula is C13H8IN3. The zero-order valence-corrected chi connectivity index (χ0v) is 11.0. The highest BCUT2D eigenvalue weighted by atomic mass is 127. The number of hydrogen-bond acceptors (Lipinski definition) is 3. The molecule has 0 saturated carbocycles. The largest absolute Gasteiger partial charge is 0.262 e. The minimum atomic E-state index is 0.740. The Bertz CT molecular complexity index is 682. The van der Waals surface area contributed by atoms with E-state index in [4.69, 9.17) is 0 Å². The molecule has 17 heavy (non-hydrogen) atoms. The summed E-state index contributed by atoms with van der Waals surface area (Å²) < 4.78 is 1.18. The summed E-state index contributed by atoms with van der Waals surface area (Å²) in [6, 6.07) is 10.0. The third-order valence-corrected chi connectivity index (χ3v) is 3.14. The molecule has 82 valence electrons. The van der Waals surface area contributed by atoms with Crippen molar-refractivity contribution in [1.82, 2.24) is 15.0 Å². The lowest BCUT2D eigenvalue weighted by atomic mass is 10.2. The van der Waals surface area contributed by atoms with E-state index in [1.54, 1.807) is 12.4 Å². The Morgan fingerprint density at radius 2 is 2.00 bits per heavy atom. The first-order valence-electron chi connectivity index (χ1n) is 5.16. The molecule has 2 aromatic heterocycles. The Morgan fingerprint density at radius 3 is 2.88 bits per heavy atom. The lowest BCUT2D eigenvalue weighted by molar-refractivity contribution is 1.21. The summed E-state index contributed by atoms with van der Waals surface area (Å²) in [5.74, 6) is 0.740. The predicted molar refractivity (Wildman–Crippen MR) is 75.5 cm³/mol. The van der Waals surface area contributed by atoms with Crippen LogP contribution in [0.5, 0.6) is 0 Å². The van der Waals surface area contributed by atoms with E-state index < -0.39 is 0 Å². The second-order valence-electron chi connectivity index (χ2n) is 3.64. The van der Waals surface area contributed by atoms with Crippen LogP contribution in [0.15, 0.2) is 48.9 Å². The summed E-state index contributed by atoms with van der Waals surface area (Å²) >= 11 is 2.28. The van der Waals surface area contributed by atoms with Gasteiger partial charge in [-0.2, -0.15) is 0 Å². The zero-order chi connectivity index (χ0) is 11.7. The third-order valence-electron chi connectivity index (χ3n) is 2.47. The first kappa shape index (κ1) is 10.6. The van der Waals surface area contributed by atoms with Gasteiger partial charge >= 0.3 is 0 Å². The summed E-state index contributed by atoms with van der Waals surface area (Å²) in [5.41, 5.74) is 1.90. The number of nitrogens with zero attached hydrogens (tertiary/aromatic N) is 3. The van der Waals surface area contributed by atoms with Crippen molar-refractivity contribution in [1.29, 1.82) is 0 Å². The summed E-state index contributed by atoms with van der Waals surface area (Å²) in [7, 11) is 0. The van der Waals surface area contributed by atoms with Crippen molar-refractivity contribution in [2.75, 3.05) is 0 Å². The van der Waals surface area contributed by atoms with E-state index in [1.165, 1.54) is 3.57 Å². The van der Waals surface area contributed by atoms with E-state index in [0.29, 0.717) is 0 Å². The molecule has 0 spiro atoms. The highest BCUT2D eigenvalue weighted by Crippen LogP contribution is 2.19. The van der Waals surface area contributed by atoms with Crippen LogP contribution in [0.25, 0.3) is 22.3 Å². The lowest BCUT2D eigenvalue weighted by Gasteiger charge is -2.02. The highest BCUT2D eigenvalue weighted by Gasteiger charge is 2.03. The molecule has 3 rings (SSSR count). The van der Waals surface area contributed by atoms with Gasteiger partial charge in [0.2, 0.25) is 0 Å². The van der Waals surface area contributed by atoms with Gasteiger partial charge in [-0.15, -0.1) is 0 Å². The molecule has 2 heterocycles. The standard InChI is InChI=1S/C13H8IN3/c14-11-3-1-2-9(6-11)13-16-7-10-4-5-15-8-12(10)17-13/h1-8H. The molecule has 0 N–H and O–H groups in total. The molecule has 0 amide bonds. The van der Waals surface area contributed by atoms with Crippen molar-refractivity contribution in [2.24, 2.45) is 0 Å². The van der Waals surface area contributed by atoms with Crippen molar-refractivity contribution in [3.05, 3.63) is 52.5 Å². The second-order valence-corrected chi connectivity index (χ2v) is 4.88. The number of rotatable bonds is 1. The topological polar surface area (TPSA) is 38.7 Å². The van der Waals surface area contributed by atoms with E-state index in [9.17, 15) is 0 Å². The summed E-state index contributed by atoms with van der Waals surface area (Å²) in [5, 5.41) is 1.01. The summed E-state index contributed by atoms with van der Waals surface area (Å²) in [6.07, 6.45) is 5.34. The van der Waals surface area contributed by atoms with Gasteiger partial charge in [0.05, 0.1) is 11.7 Å². The van der Waals surface area contributed by atoms with Crippen LogP contribution in [0.4, 0.5) is 0 Å². The monoisotopic (exact) mass is 333 g/mol. The Labute approximate surface area is 112 Å². The van der Waals surface area contributed by atoms with E-state index >= 15 is 0 Å². The fourth-order valence-corrected chi connectivity index (χ4v) is 2.18. The molecule has 1 aromatic carbocycles. The number of aromatic nitrogens is 3.